The molecule has 6 nitrogen and oxygen atoms in total. The molecule has 0 bridgehead atoms. The minimum absolute atomic E-state index is 0.000613. The van der Waals surface area contributed by atoms with E-state index in [4.69, 9.17) is 9.47 Å². The van der Waals surface area contributed by atoms with Gasteiger partial charge in [0.2, 0.25) is 0 Å². The Morgan fingerprint density at radius 1 is 1.50 bits per heavy atom. The van der Waals surface area contributed by atoms with Crippen LogP contribution in [0.3, 0.4) is 0 Å². The van der Waals surface area contributed by atoms with E-state index < -0.39 is 4.92 Å². The average Bonchev–Trinajstić information content (AvgIpc) is 2.46. The van der Waals surface area contributed by atoms with Crippen LogP contribution in [0.2, 0.25) is 0 Å². The molecule has 1 fully saturated rings. The molecule has 110 valence electrons. The Morgan fingerprint density at radius 3 is 3.00 bits per heavy atom. The van der Waals surface area contributed by atoms with Crippen LogP contribution in [0.5, 0.6) is 5.75 Å². The first-order valence-electron chi connectivity index (χ1n) is 6.87. The van der Waals surface area contributed by atoms with E-state index in [2.05, 4.69) is 5.32 Å². The fourth-order valence-electron chi connectivity index (χ4n) is 2.26. The zero-order valence-electron chi connectivity index (χ0n) is 11.6. The highest BCUT2D eigenvalue weighted by Crippen LogP contribution is 2.28. The minimum Gasteiger partial charge on any atom is -0.484 e. The molecule has 1 aliphatic heterocycles. The average molecular weight is 280 g/mol. The predicted octanol–water partition coefficient (Wildman–Crippen LogP) is 2.26. The normalized spacial score (nSPS) is 18.8. The lowest BCUT2D eigenvalue weighted by Crippen LogP contribution is -2.26. The molecule has 0 spiro atoms. The van der Waals surface area contributed by atoms with Gasteiger partial charge in [-0.1, -0.05) is 6.07 Å². The van der Waals surface area contributed by atoms with E-state index in [1.54, 1.807) is 12.1 Å². The maximum Gasteiger partial charge on any atom is 0.310 e. The maximum absolute atomic E-state index is 11.0. The summed E-state index contributed by atoms with van der Waals surface area (Å²) >= 11 is 0. The van der Waals surface area contributed by atoms with Gasteiger partial charge < -0.3 is 14.8 Å². The van der Waals surface area contributed by atoms with Gasteiger partial charge in [-0.25, -0.2) is 0 Å². The maximum atomic E-state index is 11.0. The molecule has 0 aromatic heterocycles. The van der Waals surface area contributed by atoms with Crippen molar-refractivity contribution in [3.8, 4) is 5.75 Å². The van der Waals surface area contributed by atoms with Crippen molar-refractivity contribution < 1.29 is 14.4 Å². The Labute approximate surface area is 118 Å². The molecule has 0 saturated carbocycles. The van der Waals surface area contributed by atoms with Gasteiger partial charge in [0.1, 0.15) is 6.61 Å². The fraction of sp³-hybridized carbons (Fsp3) is 0.571. The smallest absolute Gasteiger partial charge is 0.310 e. The zero-order chi connectivity index (χ0) is 14.4. The number of hydrogen-bond acceptors (Lipinski definition) is 5. The summed E-state index contributed by atoms with van der Waals surface area (Å²) in [5, 5.41) is 14.0. The van der Waals surface area contributed by atoms with Crippen molar-refractivity contribution in [1.29, 1.82) is 0 Å². The van der Waals surface area contributed by atoms with Crippen LogP contribution in [0, 0.1) is 10.1 Å². The van der Waals surface area contributed by atoms with Gasteiger partial charge in [-0.2, -0.15) is 0 Å². The largest absolute Gasteiger partial charge is 0.484 e. The third-order valence-corrected chi connectivity index (χ3v) is 3.30. The molecule has 1 aliphatic rings. The number of benzene rings is 1. The molecule has 1 atom stereocenters. The molecule has 1 heterocycles. The number of nitrogens with zero attached hydrogens (tertiary/aromatic N) is 1. The molecule has 2 rings (SSSR count). The van der Waals surface area contributed by atoms with Crippen LogP contribution < -0.4 is 10.1 Å². The molecule has 20 heavy (non-hydrogen) atoms. The van der Waals surface area contributed by atoms with Gasteiger partial charge in [0, 0.05) is 19.2 Å². The van der Waals surface area contributed by atoms with E-state index in [1.165, 1.54) is 6.07 Å². The number of rotatable bonds is 6. The van der Waals surface area contributed by atoms with Gasteiger partial charge in [-0.05, 0) is 37.9 Å². The third-order valence-electron chi connectivity index (χ3n) is 3.30. The summed E-state index contributed by atoms with van der Waals surface area (Å²) in [6, 6.07) is 4.94. The van der Waals surface area contributed by atoms with Crippen molar-refractivity contribution in [2.45, 2.75) is 31.9 Å². The van der Waals surface area contributed by atoms with Crippen LogP contribution in [0.1, 0.15) is 24.8 Å². The van der Waals surface area contributed by atoms with E-state index in [1.807, 2.05) is 7.05 Å². The first-order valence-corrected chi connectivity index (χ1v) is 6.87. The van der Waals surface area contributed by atoms with E-state index in [-0.39, 0.29) is 11.8 Å². The number of ether oxygens (including phenoxy) is 2. The quantitative estimate of drug-likeness (QED) is 0.639. The predicted molar refractivity (Wildman–Crippen MR) is 74.9 cm³/mol. The van der Waals surface area contributed by atoms with Crippen LogP contribution in [-0.4, -0.2) is 31.3 Å². The lowest BCUT2D eigenvalue weighted by molar-refractivity contribution is -0.386. The van der Waals surface area contributed by atoms with Gasteiger partial charge in [-0.15, -0.1) is 0 Å². The molecular formula is C14H20N2O4. The Morgan fingerprint density at radius 2 is 2.35 bits per heavy atom. The van der Waals surface area contributed by atoms with E-state index in [9.17, 15) is 10.1 Å². The molecule has 6 heteroatoms. The first kappa shape index (κ1) is 14.7. The highest BCUT2D eigenvalue weighted by atomic mass is 16.6. The Hall–Kier alpha value is -1.66. The van der Waals surface area contributed by atoms with Gasteiger partial charge >= 0.3 is 5.69 Å². The Kier molecular flexibility index (Phi) is 5.31. The van der Waals surface area contributed by atoms with Crippen molar-refractivity contribution >= 4 is 5.69 Å². The van der Waals surface area contributed by atoms with Gasteiger partial charge in [0.25, 0.3) is 0 Å². The van der Waals surface area contributed by atoms with E-state index >= 15 is 0 Å². The highest BCUT2D eigenvalue weighted by molar-refractivity contribution is 5.48. The van der Waals surface area contributed by atoms with Gasteiger partial charge in [0.15, 0.2) is 5.75 Å². The summed E-state index contributed by atoms with van der Waals surface area (Å²) < 4.78 is 11.2. The number of nitrogens with one attached hydrogen (secondary N) is 1. The second-order valence-corrected chi connectivity index (χ2v) is 4.89. The summed E-state index contributed by atoms with van der Waals surface area (Å²) in [4.78, 5) is 10.6. The summed E-state index contributed by atoms with van der Waals surface area (Å²) in [6.45, 7) is 1.76. The van der Waals surface area contributed by atoms with Crippen LogP contribution in [0.4, 0.5) is 5.69 Å². The number of hydrogen-bond donors (Lipinski definition) is 1. The van der Waals surface area contributed by atoms with Crippen LogP contribution in [0.25, 0.3) is 0 Å². The molecule has 1 aromatic carbocycles. The van der Waals surface area contributed by atoms with Crippen molar-refractivity contribution in [3.05, 3.63) is 33.9 Å². The summed E-state index contributed by atoms with van der Waals surface area (Å²) in [7, 11) is 1.83. The van der Waals surface area contributed by atoms with Gasteiger partial charge in [0.05, 0.1) is 11.0 Å². The third kappa shape index (κ3) is 3.91. The fourth-order valence-corrected chi connectivity index (χ4v) is 2.26. The molecule has 0 radical (unpaired) electrons. The molecule has 0 aliphatic carbocycles. The van der Waals surface area contributed by atoms with Crippen LogP contribution in [-0.2, 0) is 11.3 Å². The molecule has 1 unspecified atom stereocenters. The monoisotopic (exact) mass is 280 g/mol. The Bertz CT molecular complexity index is 458. The number of nitro groups is 1. The van der Waals surface area contributed by atoms with Crippen molar-refractivity contribution in [2.24, 2.45) is 0 Å². The van der Waals surface area contributed by atoms with E-state index in [0.29, 0.717) is 18.9 Å². The van der Waals surface area contributed by atoms with Crippen molar-refractivity contribution in [1.82, 2.24) is 5.32 Å². The van der Waals surface area contributed by atoms with Crippen molar-refractivity contribution in [3.63, 3.8) is 0 Å². The molecule has 1 N–H and O–H groups in total. The van der Waals surface area contributed by atoms with Crippen molar-refractivity contribution in [2.75, 3.05) is 20.3 Å². The zero-order valence-corrected chi connectivity index (χ0v) is 11.6. The molecular weight excluding hydrogens is 260 g/mol. The minimum atomic E-state index is -0.416. The topological polar surface area (TPSA) is 73.6 Å². The second-order valence-electron chi connectivity index (χ2n) is 4.89. The van der Waals surface area contributed by atoms with E-state index in [0.717, 1.165) is 31.4 Å². The standard InChI is InChI=1S/C14H20N2O4/c1-15-9-11-5-6-13(16(17)18)14(8-11)20-10-12-4-2-3-7-19-12/h5-6,8,12,15H,2-4,7,9-10H2,1H3. The molecule has 1 aromatic rings. The van der Waals surface area contributed by atoms with Crippen LogP contribution >= 0.6 is 0 Å². The lowest BCUT2D eigenvalue weighted by Gasteiger charge is -2.22. The number of nitro benzene ring substituents is 1. The second kappa shape index (κ2) is 7.21. The SMILES string of the molecule is CNCc1ccc([N+](=O)[O-])c(OCC2CCCCO2)c1. The molecule has 0 amide bonds. The first-order chi connectivity index (χ1) is 9.70. The summed E-state index contributed by atoms with van der Waals surface area (Å²) in [5.74, 6) is 0.317. The Balaban J connectivity index is 2.06. The highest BCUT2D eigenvalue weighted by Gasteiger charge is 2.19. The van der Waals surface area contributed by atoms with Gasteiger partial charge in [-0.3, -0.25) is 10.1 Å². The van der Waals surface area contributed by atoms with Crippen LogP contribution in [0.15, 0.2) is 18.2 Å². The lowest BCUT2D eigenvalue weighted by atomic mass is 10.1. The summed E-state index contributed by atoms with van der Waals surface area (Å²) in [6.07, 6.45) is 3.19. The summed E-state index contributed by atoms with van der Waals surface area (Å²) in [5.41, 5.74) is 0.957. The molecule has 1 saturated heterocycles.